The van der Waals surface area contributed by atoms with Crippen LogP contribution in [-0.4, -0.2) is 58.6 Å². The summed E-state index contributed by atoms with van der Waals surface area (Å²) in [6.45, 7) is 5.66. The maximum atomic E-state index is 12.2. The Morgan fingerprint density at radius 3 is 2.89 bits per heavy atom. The van der Waals surface area contributed by atoms with Gasteiger partial charge in [0.1, 0.15) is 6.04 Å². The zero-order valence-corrected chi connectivity index (χ0v) is 11.0. The van der Waals surface area contributed by atoms with Crippen LogP contribution in [0, 0.1) is 0 Å². The van der Waals surface area contributed by atoms with Crippen LogP contribution in [0.2, 0.25) is 0 Å². The van der Waals surface area contributed by atoms with Crippen molar-refractivity contribution in [3.8, 4) is 0 Å². The average molecular weight is 255 g/mol. The van der Waals surface area contributed by atoms with Crippen LogP contribution >= 0.6 is 0 Å². The summed E-state index contributed by atoms with van der Waals surface area (Å²) >= 11 is 0. The van der Waals surface area contributed by atoms with E-state index >= 15 is 0 Å². The number of rotatable bonds is 8. The minimum Gasteiger partial charge on any atom is -0.394 e. The van der Waals surface area contributed by atoms with Gasteiger partial charge in [-0.3, -0.25) is 9.48 Å². The Morgan fingerprint density at radius 1 is 1.56 bits per heavy atom. The highest BCUT2D eigenvalue weighted by molar-refractivity contribution is 5.79. The van der Waals surface area contributed by atoms with Crippen molar-refractivity contribution in [1.29, 1.82) is 0 Å². The number of amides is 1. The van der Waals surface area contributed by atoms with Crippen LogP contribution in [0.15, 0.2) is 18.5 Å². The fraction of sp³-hybridized carbons (Fsp3) is 0.667. The highest BCUT2D eigenvalue weighted by Crippen LogP contribution is 2.08. The molecule has 1 aromatic rings. The number of aromatic nitrogens is 2. The molecule has 0 aliphatic carbocycles. The van der Waals surface area contributed by atoms with Gasteiger partial charge in [-0.1, -0.05) is 0 Å². The van der Waals surface area contributed by atoms with Gasteiger partial charge in [-0.2, -0.15) is 5.10 Å². The van der Waals surface area contributed by atoms with Crippen LogP contribution in [0.25, 0.3) is 0 Å². The zero-order chi connectivity index (χ0) is 13.4. The predicted molar refractivity (Wildman–Crippen MR) is 67.1 cm³/mol. The number of aliphatic hydroxyl groups excluding tert-OH is 1. The number of hydrogen-bond acceptors (Lipinski definition) is 4. The normalized spacial score (nSPS) is 12.4. The molecule has 1 heterocycles. The minimum atomic E-state index is -0.308. The van der Waals surface area contributed by atoms with Gasteiger partial charge in [0.2, 0.25) is 5.91 Å². The standard InChI is InChI=1S/C12H21N3O3/c1-3-14(7-9-18-10-8-16)12(17)11(2)15-6-4-5-13-15/h4-6,11,16H,3,7-10H2,1-2H3. The van der Waals surface area contributed by atoms with E-state index in [1.54, 1.807) is 28.0 Å². The van der Waals surface area contributed by atoms with Crippen molar-refractivity contribution >= 4 is 5.91 Å². The third-order valence-electron chi connectivity index (χ3n) is 2.71. The molecule has 0 fully saturated rings. The van der Waals surface area contributed by atoms with Crippen LogP contribution in [0.5, 0.6) is 0 Å². The zero-order valence-electron chi connectivity index (χ0n) is 11.0. The first-order valence-electron chi connectivity index (χ1n) is 6.17. The Bertz CT molecular complexity index is 340. The number of likely N-dealkylation sites (N-methyl/N-ethyl adjacent to an activating group) is 1. The topological polar surface area (TPSA) is 67.6 Å². The van der Waals surface area contributed by atoms with Crippen LogP contribution in [0.4, 0.5) is 0 Å². The first kappa shape index (κ1) is 14.7. The summed E-state index contributed by atoms with van der Waals surface area (Å²) in [4.78, 5) is 13.9. The second-order valence-electron chi connectivity index (χ2n) is 3.92. The van der Waals surface area contributed by atoms with Gasteiger partial charge in [0.25, 0.3) is 0 Å². The van der Waals surface area contributed by atoms with E-state index in [-0.39, 0.29) is 18.6 Å². The molecule has 0 saturated heterocycles. The Morgan fingerprint density at radius 2 is 2.33 bits per heavy atom. The first-order chi connectivity index (χ1) is 8.70. The van der Waals surface area contributed by atoms with Crippen LogP contribution < -0.4 is 0 Å². The number of ether oxygens (including phenoxy) is 1. The number of nitrogens with zero attached hydrogens (tertiary/aromatic N) is 3. The van der Waals surface area contributed by atoms with Gasteiger partial charge in [0, 0.05) is 25.5 Å². The fourth-order valence-electron chi connectivity index (χ4n) is 1.65. The van der Waals surface area contributed by atoms with E-state index < -0.39 is 0 Å². The summed E-state index contributed by atoms with van der Waals surface area (Å²) in [5.41, 5.74) is 0. The number of hydrogen-bond donors (Lipinski definition) is 1. The van der Waals surface area contributed by atoms with Crippen LogP contribution in [0.1, 0.15) is 19.9 Å². The third kappa shape index (κ3) is 4.12. The summed E-state index contributed by atoms with van der Waals surface area (Å²) < 4.78 is 6.81. The highest BCUT2D eigenvalue weighted by atomic mass is 16.5. The van der Waals surface area contributed by atoms with Crippen molar-refractivity contribution in [3.63, 3.8) is 0 Å². The Labute approximate surface area is 107 Å². The maximum absolute atomic E-state index is 12.2. The molecular weight excluding hydrogens is 234 g/mol. The van der Waals surface area contributed by atoms with E-state index in [0.29, 0.717) is 26.3 Å². The molecule has 0 aliphatic heterocycles. The molecule has 0 saturated carbocycles. The Kier molecular flexibility index (Phi) is 6.38. The summed E-state index contributed by atoms with van der Waals surface area (Å²) in [5.74, 6) is 0.0220. The van der Waals surface area contributed by atoms with E-state index in [1.807, 2.05) is 13.8 Å². The van der Waals surface area contributed by atoms with Crippen molar-refractivity contribution in [2.24, 2.45) is 0 Å². The Hall–Kier alpha value is -1.40. The lowest BCUT2D eigenvalue weighted by Gasteiger charge is -2.24. The molecule has 0 aliphatic rings. The van der Waals surface area contributed by atoms with Gasteiger partial charge in [-0.25, -0.2) is 0 Å². The van der Waals surface area contributed by atoms with E-state index in [2.05, 4.69) is 5.10 Å². The lowest BCUT2D eigenvalue weighted by molar-refractivity contribution is -0.135. The smallest absolute Gasteiger partial charge is 0.247 e. The van der Waals surface area contributed by atoms with Crippen molar-refractivity contribution in [2.45, 2.75) is 19.9 Å². The molecular formula is C12H21N3O3. The second kappa shape index (κ2) is 7.84. The molecule has 1 atom stereocenters. The average Bonchev–Trinajstić information content (AvgIpc) is 2.91. The molecule has 0 bridgehead atoms. The largest absolute Gasteiger partial charge is 0.394 e. The predicted octanol–water partition coefficient (Wildman–Crippen LogP) is 0.301. The first-order valence-corrected chi connectivity index (χ1v) is 6.17. The molecule has 6 heteroatoms. The van der Waals surface area contributed by atoms with Crippen molar-refractivity contribution in [1.82, 2.24) is 14.7 Å². The van der Waals surface area contributed by atoms with E-state index in [4.69, 9.17) is 9.84 Å². The molecule has 1 N–H and O–H groups in total. The SMILES string of the molecule is CCN(CCOCCO)C(=O)C(C)n1cccn1. The van der Waals surface area contributed by atoms with E-state index in [0.717, 1.165) is 0 Å². The molecule has 102 valence electrons. The lowest BCUT2D eigenvalue weighted by Crippen LogP contribution is -2.38. The number of aliphatic hydroxyl groups is 1. The van der Waals surface area contributed by atoms with E-state index in [9.17, 15) is 4.79 Å². The monoisotopic (exact) mass is 255 g/mol. The summed E-state index contributed by atoms with van der Waals surface area (Å²) in [6, 6.07) is 1.49. The quantitative estimate of drug-likeness (QED) is 0.678. The summed E-state index contributed by atoms with van der Waals surface area (Å²) in [6.07, 6.45) is 3.43. The second-order valence-corrected chi connectivity index (χ2v) is 3.92. The molecule has 6 nitrogen and oxygen atoms in total. The highest BCUT2D eigenvalue weighted by Gasteiger charge is 2.20. The van der Waals surface area contributed by atoms with Crippen molar-refractivity contribution in [3.05, 3.63) is 18.5 Å². The number of carbonyl (C=O) groups is 1. The minimum absolute atomic E-state index is 0.00373. The van der Waals surface area contributed by atoms with Gasteiger partial charge in [0.05, 0.1) is 19.8 Å². The molecule has 0 spiro atoms. The van der Waals surface area contributed by atoms with Gasteiger partial charge in [0.15, 0.2) is 0 Å². The summed E-state index contributed by atoms with van der Waals surface area (Å²) in [5, 5.41) is 12.7. The van der Waals surface area contributed by atoms with Crippen molar-refractivity contribution < 1.29 is 14.6 Å². The molecule has 18 heavy (non-hydrogen) atoms. The molecule has 0 aromatic carbocycles. The third-order valence-corrected chi connectivity index (χ3v) is 2.71. The van der Waals surface area contributed by atoms with Gasteiger partial charge in [-0.05, 0) is 19.9 Å². The van der Waals surface area contributed by atoms with E-state index in [1.165, 1.54) is 0 Å². The maximum Gasteiger partial charge on any atom is 0.247 e. The molecule has 0 radical (unpaired) electrons. The Balaban J connectivity index is 2.46. The van der Waals surface area contributed by atoms with Crippen molar-refractivity contribution in [2.75, 3.05) is 32.9 Å². The van der Waals surface area contributed by atoms with Gasteiger partial charge >= 0.3 is 0 Å². The molecule has 1 amide bonds. The molecule has 1 rings (SSSR count). The van der Waals surface area contributed by atoms with Gasteiger partial charge in [-0.15, -0.1) is 0 Å². The number of carbonyl (C=O) groups excluding carboxylic acids is 1. The molecule has 1 unspecified atom stereocenters. The summed E-state index contributed by atoms with van der Waals surface area (Å²) in [7, 11) is 0. The van der Waals surface area contributed by atoms with Gasteiger partial charge < -0.3 is 14.7 Å². The van der Waals surface area contributed by atoms with Crippen LogP contribution in [0.3, 0.4) is 0 Å². The molecule has 1 aromatic heterocycles. The lowest BCUT2D eigenvalue weighted by atomic mass is 10.3. The fourth-order valence-corrected chi connectivity index (χ4v) is 1.65. The van der Waals surface area contributed by atoms with Crippen LogP contribution in [-0.2, 0) is 9.53 Å².